The number of carbonyl (C=O) groups excluding carboxylic acids is 1. The van der Waals surface area contributed by atoms with E-state index in [0.717, 1.165) is 41.2 Å². The van der Waals surface area contributed by atoms with Gasteiger partial charge in [0, 0.05) is 37.8 Å². The number of benzene rings is 1. The number of rotatable bonds is 5. The summed E-state index contributed by atoms with van der Waals surface area (Å²) in [6, 6.07) is 7.22. The van der Waals surface area contributed by atoms with Crippen LogP contribution in [0.1, 0.15) is 16.8 Å². The molecule has 2 aromatic heterocycles. The molecule has 0 unspecified atom stereocenters. The molecule has 8 heteroatoms. The van der Waals surface area contributed by atoms with Crippen LogP contribution < -0.4 is 9.47 Å². The summed E-state index contributed by atoms with van der Waals surface area (Å²) in [5, 5.41) is 12.0. The maximum atomic E-state index is 12.7. The zero-order chi connectivity index (χ0) is 20.4. The molecule has 1 aliphatic rings. The molecule has 3 heterocycles. The smallest absolute Gasteiger partial charge is 0.260 e. The van der Waals surface area contributed by atoms with Gasteiger partial charge >= 0.3 is 0 Å². The van der Waals surface area contributed by atoms with Gasteiger partial charge in [0.2, 0.25) is 0 Å². The normalized spacial score (nSPS) is 13.7. The fourth-order valence-corrected chi connectivity index (χ4v) is 3.72. The van der Waals surface area contributed by atoms with Gasteiger partial charge < -0.3 is 14.4 Å². The fraction of sp³-hybridized carbons (Fsp3) is 0.381. The van der Waals surface area contributed by atoms with Crippen LogP contribution in [0.4, 0.5) is 0 Å². The van der Waals surface area contributed by atoms with Gasteiger partial charge in [-0.05, 0) is 43.2 Å². The van der Waals surface area contributed by atoms with Crippen LogP contribution in [0.3, 0.4) is 0 Å². The topological polar surface area (TPSA) is 85.3 Å². The second kappa shape index (κ2) is 7.98. The van der Waals surface area contributed by atoms with Gasteiger partial charge in [-0.2, -0.15) is 10.2 Å². The van der Waals surface area contributed by atoms with E-state index in [1.807, 2.05) is 41.9 Å². The van der Waals surface area contributed by atoms with Crippen molar-refractivity contribution in [3.8, 4) is 22.9 Å². The largest absolute Gasteiger partial charge is 0.497 e. The van der Waals surface area contributed by atoms with Crippen LogP contribution in [0.5, 0.6) is 11.5 Å². The third-order valence-corrected chi connectivity index (χ3v) is 5.34. The Morgan fingerprint density at radius 1 is 1.17 bits per heavy atom. The number of methoxy groups -OCH3 is 1. The van der Waals surface area contributed by atoms with Gasteiger partial charge in [0.25, 0.3) is 5.91 Å². The molecule has 0 atom stereocenters. The predicted octanol–water partition coefficient (Wildman–Crippen LogP) is 2.13. The minimum absolute atomic E-state index is 0.0165. The Kier molecular flexibility index (Phi) is 5.24. The van der Waals surface area contributed by atoms with E-state index < -0.39 is 0 Å². The predicted molar refractivity (Wildman–Crippen MR) is 108 cm³/mol. The number of hydrogen-bond acceptors (Lipinski definition) is 5. The van der Waals surface area contributed by atoms with Crippen molar-refractivity contribution in [1.29, 1.82) is 0 Å². The lowest BCUT2D eigenvalue weighted by atomic mass is 10.0. The van der Waals surface area contributed by atoms with E-state index in [1.54, 1.807) is 19.2 Å². The average molecular weight is 395 g/mol. The maximum Gasteiger partial charge on any atom is 0.260 e. The quantitative estimate of drug-likeness (QED) is 0.715. The Hall–Kier alpha value is -3.29. The second-order valence-corrected chi connectivity index (χ2v) is 7.17. The highest BCUT2D eigenvalue weighted by molar-refractivity contribution is 5.78. The Labute approximate surface area is 169 Å². The molecule has 8 nitrogen and oxygen atoms in total. The Bertz CT molecular complexity index is 987. The van der Waals surface area contributed by atoms with Crippen LogP contribution in [0.25, 0.3) is 11.4 Å². The van der Waals surface area contributed by atoms with Crippen molar-refractivity contribution < 1.29 is 14.3 Å². The molecule has 0 radical (unpaired) electrons. The SMILES string of the molecule is COc1ccc(OCC(=O)N2CCc3[nH]nc(-c4c(C)cnn4C)c3CC2)cc1. The van der Waals surface area contributed by atoms with Crippen molar-refractivity contribution in [3.63, 3.8) is 0 Å². The number of nitrogens with one attached hydrogen (secondary N) is 1. The highest BCUT2D eigenvalue weighted by Crippen LogP contribution is 2.28. The van der Waals surface area contributed by atoms with Gasteiger partial charge in [0.1, 0.15) is 17.2 Å². The van der Waals surface area contributed by atoms with Crippen molar-refractivity contribution in [2.75, 3.05) is 26.8 Å². The number of aryl methyl sites for hydroxylation is 2. The van der Waals surface area contributed by atoms with E-state index in [1.165, 1.54) is 5.56 Å². The molecule has 29 heavy (non-hydrogen) atoms. The van der Waals surface area contributed by atoms with E-state index in [9.17, 15) is 4.79 Å². The van der Waals surface area contributed by atoms with E-state index in [-0.39, 0.29) is 12.5 Å². The number of fused-ring (bicyclic) bond motifs is 1. The second-order valence-electron chi connectivity index (χ2n) is 7.17. The number of aromatic nitrogens is 4. The molecular formula is C21H25N5O3. The van der Waals surface area contributed by atoms with Crippen molar-refractivity contribution >= 4 is 5.91 Å². The molecule has 1 amide bonds. The van der Waals surface area contributed by atoms with Crippen LogP contribution in [0.15, 0.2) is 30.5 Å². The molecule has 0 bridgehead atoms. The Balaban J connectivity index is 1.41. The number of hydrogen-bond donors (Lipinski definition) is 1. The number of amides is 1. The fourth-order valence-electron chi connectivity index (χ4n) is 3.72. The first-order valence-electron chi connectivity index (χ1n) is 9.66. The lowest BCUT2D eigenvalue weighted by Gasteiger charge is -2.20. The van der Waals surface area contributed by atoms with Gasteiger partial charge in [-0.1, -0.05) is 0 Å². The molecule has 152 valence electrons. The highest BCUT2D eigenvalue weighted by atomic mass is 16.5. The van der Waals surface area contributed by atoms with E-state index >= 15 is 0 Å². The molecule has 0 spiro atoms. The number of nitrogens with zero attached hydrogens (tertiary/aromatic N) is 4. The minimum Gasteiger partial charge on any atom is -0.497 e. The zero-order valence-corrected chi connectivity index (χ0v) is 16.9. The van der Waals surface area contributed by atoms with Crippen molar-refractivity contribution in [2.24, 2.45) is 7.05 Å². The number of carbonyl (C=O) groups is 1. The monoisotopic (exact) mass is 395 g/mol. The van der Waals surface area contributed by atoms with Crippen LogP contribution >= 0.6 is 0 Å². The molecule has 1 aliphatic heterocycles. The van der Waals surface area contributed by atoms with Crippen LogP contribution in [0.2, 0.25) is 0 Å². The summed E-state index contributed by atoms with van der Waals surface area (Å²) in [5.74, 6) is 1.39. The molecule has 4 rings (SSSR count). The van der Waals surface area contributed by atoms with Gasteiger partial charge in [-0.15, -0.1) is 0 Å². The molecule has 0 saturated carbocycles. The van der Waals surface area contributed by atoms with Crippen molar-refractivity contribution in [2.45, 2.75) is 19.8 Å². The van der Waals surface area contributed by atoms with Crippen molar-refractivity contribution in [1.82, 2.24) is 24.9 Å². The van der Waals surface area contributed by atoms with Crippen LogP contribution in [-0.4, -0.2) is 57.6 Å². The first-order valence-corrected chi connectivity index (χ1v) is 9.66. The first-order chi connectivity index (χ1) is 14.1. The summed E-state index contributed by atoms with van der Waals surface area (Å²) < 4.78 is 12.6. The molecule has 0 aliphatic carbocycles. The third-order valence-electron chi connectivity index (χ3n) is 5.34. The summed E-state index contributed by atoms with van der Waals surface area (Å²) in [7, 11) is 3.54. The summed E-state index contributed by atoms with van der Waals surface area (Å²) >= 11 is 0. The lowest BCUT2D eigenvalue weighted by molar-refractivity contribution is -0.133. The molecule has 3 aromatic rings. The molecule has 1 aromatic carbocycles. The molecule has 0 fully saturated rings. The summed E-state index contributed by atoms with van der Waals surface area (Å²) in [6.45, 7) is 3.34. The number of ether oxygens (including phenoxy) is 2. The standard InChI is InChI=1S/C21H25N5O3/c1-14-12-22-25(2)21(14)20-17-8-10-26(11-9-18(17)23-24-20)19(27)13-29-16-6-4-15(28-3)5-7-16/h4-7,12H,8-11,13H2,1-3H3,(H,23,24). The van der Waals surface area contributed by atoms with E-state index in [2.05, 4.69) is 15.3 Å². The highest BCUT2D eigenvalue weighted by Gasteiger charge is 2.25. The summed E-state index contributed by atoms with van der Waals surface area (Å²) in [5.41, 5.74) is 5.30. The van der Waals surface area contributed by atoms with Gasteiger partial charge in [-0.3, -0.25) is 14.6 Å². The van der Waals surface area contributed by atoms with Gasteiger partial charge in [0.05, 0.1) is 19.0 Å². The number of H-pyrrole nitrogens is 1. The zero-order valence-electron chi connectivity index (χ0n) is 16.9. The van der Waals surface area contributed by atoms with Gasteiger partial charge in [0.15, 0.2) is 6.61 Å². The van der Waals surface area contributed by atoms with E-state index in [4.69, 9.17) is 9.47 Å². The summed E-state index contributed by atoms with van der Waals surface area (Å²) in [6.07, 6.45) is 3.34. The Morgan fingerprint density at radius 2 is 1.90 bits per heavy atom. The average Bonchev–Trinajstić information content (AvgIpc) is 3.20. The summed E-state index contributed by atoms with van der Waals surface area (Å²) in [4.78, 5) is 14.5. The Morgan fingerprint density at radius 3 is 2.59 bits per heavy atom. The first kappa shape index (κ1) is 19.0. The van der Waals surface area contributed by atoms with Crippen LogP contribution in [0, 0.1) is 6.92 Å². The van der Waals surface area contributed by atoms with Crippen molar-refractivity contribution in [3.05, 3.63) is 47.3 Å². The molecular weight excluding hydrogens is 370 g/mol. The van der Waals surface area contributed by atoms with Crippen LogP contribution in [-0.2, 0) is 24.7 Å². The minimum atomic E-state index is -0.0165. The lowest BCUT2D eigenvalue weighted by Crippen LogP contribution is -2.36. The van der Waals surface area contributed by atoms with E-state index in [0.29, 0.717) is 18.8 Å². The van der Waals surface area contributed by atoms with Gasteiger partial charge in [-0.25, -0.2) is 0 Å². The molecule has 1 N–H and O–H groups in total. The maximum absolute atomic E-state index is 12.7. The molecule has 0 saturated heterocycles. The number of aromatic amines is 1. The third kappa shape index (κ3) is 3.83.